The van der Waals surface area contributed by atoms with E-state index in [4.69, 9.17) is 9.84 Å². The molecule has 0 atom stereocenters. The molecular formula is C19H34O4. The maximum atomic E-state index is 11.9. The Balaban J connectivity index is 1.93. The van der Waals surface area contributed by atoms with E-state index in [0.29, 0.717) is 32.3 Å². The van der Waals surface area contributed by atoms with Crippen molar-refractivity contribution in [2.45, 2.75) is 90.4 Å². The fourth-order valence-electron chi connectivity index (χ4n) is 3.28. The average Bonchev–Trinajstić information content (AvgIpc) is 2.56. The smallest absolute Gasteiger partial charge is 0.308 e. The summed E-state index contributed by atoms with van der Waals surface area (Å²) in [6.07, 6.45) is 13.8. The van der Waals surface area contributed by atoms with Gasteiger partial charge in [-0.3, -0.25) is 9.59 Å². The normalized spacial score (nSPS) is 21.1. The van der Waals surface area contributed by atoms with Crippen LogP contribution >= 0.6 is 0 Å². The van der Waals surface area contributed by atoms with Crippen molar-refractivity contribution in [3.8, 4) is 0 Å². The third kappa shape index (κ3) is 8.97. The van der Waals surface area contributed by atoms with Gasteiger partial charge in [-0.05, 0) is 32.1 Å². The van der Waals surface area contributed by atoms with E-state index >= 15 is 0 Å². The molecule has 0 unspecified atom stereocenters. The number of hydrogen-bond acceptors (Lipinski definition) is 3. The lowest BCUT2D eigenvalue weighted by molar-refractivity contribution is -0.152. The van der Waals surface area contributed by atoms with E-state index in [0.717, 1.165) is 12.8 Å². The van der Waals surface area contributed by atoms with Crippen LogP contribution in [0.2, 0.25) is 0 Å². The quantitative estimate of drug-likeness (QED) is 0.407. The van der Waals surface area contributed by atoms with E-state index < -0.39 is 5.97 Å². The molecule has 0 aliphatic heterocycles. The first-order valence-electron chi connectivity index (χ1n) is 9.54. The zero-order valence-corrected chi connectivity index (χ0v) is 14.7. The number of rotatable bonds is 12. The first-order valence-corrected chi connectivity index (χ1v) is 9.54. The van der Waals surface area contributed by atoms with Gasteiger partial charge in [0.2, 0.25) is 0 Å². The Morgan fingerprint density at radius 1 is 0.826 bits per heavy atom. The van der Waals surface area contributed by atoms with Crippen molar-refractivity contribution >= 4 is 11.9 Å². The zero-order valence-electron chi connectivity index (χ0n) is 14.7. The molecule has 0 heterocycles. The Kier molecular flexibility index (Phi) is 10.8. The van der Waals surface area contributed by atoms with Crippen LogP contribution in [-0.2, 0) is 14.3 Å². The van der Waals surface area contributed by atoms with Gasteiger partial charge in [-0.2, -0.15) is 0 Å². The minimum atomic E-state index is -0.730. The van der Waals surface area contributed by atoms with Gasteiger partial charge in [0.25, 0.3) is 0 Å². The molecule has 1 fully saturated rings. The summed E-state index contributed by atoms with van der Waals surface area (Å²) >= 11 is 0. The molecule has 0 aromatic heterocycles. The fourth-order valence-corrected chi connectivity index (χ4v) is 3.28. The van der Waals surface area contributed by atoms with Crippen molar-refractivity contribution in [3.63, 3.8) is 0 Å². The van der Waals surface area contributed by atoms with Gasteiger partial charge in [0, 0.05) is 0 Å². The number of ether oxygens (including phenoxy) is 1. The number of carbonyl (C=O) groups is 2. The van der Waals surface area contributed by atoms with Crippen molar-refractivity contribution in [3.05, 3.63) is 0 Å². The first kappa shape index (κ1) is 20.0. The zero-order chi connectivity index (χ0) is 16.9. The molecule has 4 nitrogen and oxygen atoms in total. The summed E-state index contributed by atoms with van der Waals surface area (Å²) in [6, 6.07) is 0. The SMILES string of the molecule is CCCCCCCCCCCOC(=O)C1CCC(C(=O)O)CC1. The van der Waals surface area contributed by atoms with Crippen LogP contribution in [0.1, 0.15) is 90.4 Å². The molecular weight excluding hydrogens is 292 g/mol. The lowest BCUT2D eigenvalue weighted by Crippen LogP contribution is -2.27. The molecule has 1 rings (SSSR count). The van der Waals surface area contributed by atoms with Crippen LogP contribution in [0.4, 0.5) is 0 Å². The predicted octanol–water partition coefficient (Wildman–Crippen LogP) is 4.95. The summed E-state index contributed by atoms with van der Waals surface area (Å²) < 4.78 is 5.35. The van der Waals surface area contributed by atoms with Crippen LogP contribution in [0.25, 0.3) is 0 Å². The van der Waals surface area contributed by atoms with E-state index in [1.807, 2.05) is 0 Å². The summed E-state index contributed by atoms with van der Waals surface area (Å²) in [6.45, 7) is 2.76. The topological polar surface area (TPSA) is 63.6 Å². The standard InChI is InChI=1S/C19H34O4/c1-2-3-4-5-6-7-8-9-10-15-23-19(22)17-13-11-16(12-14-17)18(20)21/h16-17H,2-15H2,1H3,(H,20,21). The molecule has 1 N–H and O–H groups in total. The van der Waals surface area contributed by atoms with Crippen LogP contribution in [0.3, 0.4) is 0 Å². The molecule has 0 saturated heterocycles. The monoisotopic (exact) mass is 326 g/mol. The highest BCUT2D eigenvalue weighted by molar-refractivity contribution is 5.74. The number of esters is 1. The van der Waals surface area contributed by atoms with Crippen molar-refractivity contribution < 1.29 is 19.4 Å². The fraction of sp³-hybridized carbons (Fsp3) is 0.895. The summed E-state index contributed by atoms with van der Waals surface area (Å²) in [5, 5.41) is 8.95. The highest BCUT2D eigenvalue weighted by Gasteiger charge is 2.30. The third-order valence-electron chi connectivity index (χ3n) is 4.90. The molecule has 0 aromatic carbocycles. The van der Waals surface area contributed by atoms with E-state index in [2.05, 4.69) is 6.92 Å². The van der Waals surface area contributed by atoms with Crippen molar-refractivity contribution in [2.75, 3.05) is 6.61 Å². The minimum Gasteiger partial charge on any atom is -0.481 e. The van der Waals surface area contributed by atoms with Crippen LogP contribution in [0, 0.1) is 11.8 Å². The Hall–Kier alpha value is -1.06. The largest absolute Gasteiger partial charge is 0.481 e. The van der Waals surface area contributed by atoms with Crippen molar-refractivity contribution in [2.24, 2.45) is 11.8 Å². The van der Waals surface area contributed by atoms with Gasteiger partial charge in [0.05, 0.1) is 18.4 Å². The minimum absolute atomic E-state index is 0.0795. The highest BCUT2D eigenvalue weighted by atomic mass is 16.5. The van der Waals surface area contributed by atoms with E-state index in [9.17, 15) is 9.59 Å². The molecule has 0 aromatic rings. The predicted molar refractivity (Wildman–Crippen MR) is 91.3 cm³/mol. The van der Waals surface area contributed by atoms with Gasteiger partial charge in [-0.15, -0.1) is 0 Å². The molecule has 0 bridgehead atoms. The molecule has 23 heavy (non-hydrogen) atoms. The summed E-state index contributed by atoms with van der Waals surface area (Å²) in [5.41, 5.74) is 0. The molecule has 1 aliphatic rings. The second-order valence-corrected chi connectivity index (χ2v) is 6.88. The maximum Gasteiger partial charge on any atom is 0.308 e. The second-order valence-electron chi connectivity index (χ2n) is 6.88. The molecule has 0 spiro atoms. The lowest BCUT2D eigenvalue weighted by atomic mass is 9.82. The lowest BCUT2D eigenvalue weighted by Gasteiger charge is -2.24. The van der Waals surface area contributed by atoms with Crippen LogP contribution < -0.4 is 0 Å². The van der Waals surface area contributed by atoms with E-state index in [1.165, 1.54) is 44.9 Å². The van der Waals surface area contributed by atoms with Gasteiger partial charge >= 0.3 is 11.9 Å². The number of carboxylic acid groups (broad SMARTS) is 1. The average molecular weight is 326 g/mol. The van der Waals surface area contributed by atoms with Gasteiger partial charge in [-0.1, -0.05) is 58.3 Å². The first-order chi connectivity index (χ1) is 11.1. The van der Waals surface area contributed by atoms with Gasteiger partial charge in [0.1, 0.15) is 0 Å². The summed E-state index contributed by atoms with van der Waals surface area (Å²) in [5.74, 6) is -1.19. The Bertz CT molecular complexity index is 332. The molecule has 0 amide bonds. The molecule has 0 radical (unpaired) electrons. The van der Waals surface area contributed by atoms with E-state index in [1.54, 1.807) is 0 Å². The van der Waals surface area contributed by atoms with Crippen LogP contribution in [0.15, 0.2) is 0 Å². The molecule has 1 aliphatic carbocycles. The second kappa shape index (κ2) is 12.4. The molecule has 134 valence electrons. The Morgan fingerprint density at radius 3 is 1.83 bits per heavy atom. The number of aliphatic carboxylic acids is 1. The summed E-state index contributed by atoms with van der Waals surface area (Å²) in [4.78, 5) is 22.8. The highest BCUT2D eigenvalue weighted by Crippen LogP contribution is 2.29. The van der Waals surface area contributed by atoms with Crippen molar-refractivity contribution in [1.82, 2.24) is 0 Å². The van der Waals surface area contributed by atoms with E-state index in [-0.39, 0.29) is 17.8 Å². The number of hydrogen-bond donors (Lipinski definition) is 1. The third-order valence-corrected chi connectivity index (χ3v) is 4.90. The number of unbranched alkanes of at least 4 members (excludes halogenated alkanes) is 8. The Labute approximate surface area is 141 Å². The Morgan fingerprint density at radius 2 is 1.30 bits per heavy atom. The van der Waals surface area contributed by atoms with Gasteiger partial charge in [0.15, 0.2) is 0 Å². The number of carboxylic acids is 1. The summed E-state index contributed by atoms with van der Waals surface area (Å²) in [7, 11) is 0. The van der Waals surface area contributed by atoms with Gasteiger partial charge in [-0.25, -0.2) is 0 Å². The maximum absolute atomic E-state index is 11.9. The van der Waals surface area contributed by atoms with Gasteiger partial charge < -0.3 is 9.84 Å². The molecule has 1 saturated carbocycles. The van der Waals surface area contributed by atoms with Crippen LogP contribution in [-0.4, -0.2) is 23.7 Å². The molecule has 4 heteroatoms. The van der Waals surface area contributed by atoms with Crippen molar-refractivity contribution in [1.29, 1.82) is 0 Å². The van der Waals surface area contributed by atoms with Crippen LogP contribution in [0.5, 0.6) is 0 Å². The number of carbonyl (C=O) groups excluding carboxylic acids is 1.